The number of para-hydroxylation sites is 2. The molecule has 6 heteroatoms. The third-order valence-corrected chi connectivity index (χ3v) is 6.30. The fourth-order valence-corrected chi connectivity index (χ4v) is 4.72. The Hall–Kier alpha value is -2.31. The molecule has 2 aliphatic rings. The maximum atomic E-state index is 4.66. The first-order valence-electron chi connectivity index (χ1n) is 9.26. The van der Waals surface area contributed by atoms with Gasteiger partial charge in [-0.2, -0.15) is 0 Å². The number of fused-ring (bicyclic) bond motifs is 2. The van der Waals surface area contributed by atoms with E-state index in [1.54, 1.807) is 11.3 Å². The van der Waals surface area contributed by atoms with Crippen molar-refractivity contribution in [1.29, 1.82) is 0 Å². The van der Waals surface area contributed by atoms with Crippen LogP contribution >= 0.6 is 11.3 Å². The van der Waals surface area contributed by atoms with Gasteiger partial charge in [0.15, 0.2) is 0 Å². The zero-order valence-electron chi connectivity index (χ0n) is 14.8. The Kier molecular flexibility index (Phi) is 4.15. The van der Waals surface area contributed by atoms with Crippen LogP contribution in [0.2, 0.25) is 0 Å². The van der Waals surface area contributed by atoms with Gasteiger partial charge in [-0.05, 0) is 29.6 Å². The molecule has 2 aliphatic heterocycles. The van der Waals surface area contributed by atoms with E-state index in [4.69, 9.17) is 0 Å². The molecular formula is C20H23N5S. The number of piperazine rings is 1. The Labute approximate surface area is 157 Å². The summed E-state index contributed by atoms with van der Waals surface area (Å²) in [6.45, 7) is 7.41. The molecule has 26 heavy (non-hydrogen) atoms. The van der Waals surface area contributed by atoms with Crippen molar-refractivity contribution in [3.8, 4) is 0 Å². The molecule has 0 spiro atoms. The predicted octanol–water partition coefficient (Wildman–Crippen LogP) is 3.31. The first kappa shape index (κ1) is 15.9. The molecule has 0 amide bonds. The molecule has 0 radical (unpaired) electrons. The summed E-state index contributed by atoms with van der Waals surface area (Å²) in [5.74, 6) is 1.15. The Morgan fingerprint density at radius 1 is 1.00 bits per heavy atom. The smallest absolute Gasteiger partial charge is 0.137 e. The third-order valence-electron chi connectivity index (χ3n) is 5.42. The van der Waals surface area contributed by atoms with Gasteiger partial charge in [0.1, 0.15) is 5.82 Å². The topological polar surface area (TPSA) is 34.6 Å². The number of thiophene rings is 1. The number of nitrogens with zero attached hydrogens (tertiary/aromatic N) is 4. The van der Waals surface area contributed by atoms with Crippen molar-refractivity contribution in [2.45, 2.75) is 0 Å². The van der Waals surface area contributed by atoms with Crippen LogP contribution in [0.5, 0.6) is 0 Å². The lowest BCUT2D eigenvalue weighted by molar-refractivity contribution is 0.263. The summed E-state index contributed by atoms with van der Waals surface area (Å²) in [6.07, 6.45) is 1.94. The summed E-state index contributed by atoms with van der Waals surface area (Å²) in [5, 5.41) is 6.93. The molecule has 1 aromatic carbocycles. The van der Waals surface area contributed by atoms with Crippen LogP contribution in [0.3, 0.4) is 0 Å². The largest absolute Gasteiger partial charge is 0.366 e. The summed E-state index contributed by atoms with van der Waals surface area (Å²) >= 11 is 1.79. The van der Waals surface area contributed by atoms with E-state index in [9.17, 15) is 0 Å². The van der Waals surface area contributed by atoms with Crippen molar-refractivity contribution < 1.29 is 0 Å². The highest BCUT2D eigenvalue weighted by atomic mass is 32.1. The lowest BCUT2D eigenvalue weighted by Crippen LogP contribution is -2.48. The zero-order chi connectivity index (χ0) is 17.3. The quantitative estimate of drug-likeness (QED) is 0.767. The summed E-state index contributed by atoms with van der Waals surface area (Å²) in [7, 11) is 0. The molecule has 0 atom stereocenters. The maximum Gasteiger partial charge on any atom is 0.137 e. The highest BCUT2D eigenvalue weighted by Crippen LogP contribution is 2.31. The Bertz CT molecular complexity index is 900. The van der Waals surface area contributed by atoms with Gasteiger partial charge in [-0.25, -0.2) is 4.98 Å². The number of aromatic nitrogens is 1. The van der Waals surface area contributed by atoms with Crippen LogP contribution in [0.4, 0.5) is 17.2 Å². The number of benzene rings is 1. The van der Waals surface area contributed by atoms with Crippen molar-refractivity contribution in [2.75, 3.05) is 61.1 Å². The Balaban J connectivity index is 1.19. The highest BCUT2D eigenvalue weighted by Gasteiger charge is 2.22. The van der Waals surface area contributed by atoms with E-state index >= 15 is 0 Å². The van der Waals surface area contributed by atoms with Crippen LogP contribution in [0, 0.1) is 0 Å². The molecule has 0 aliphatic carbocycles. The number of pyridine rings is 1. The first-order chi connectivity index (χ1) is 12.9. The van der Waals surface area contributed by atoms with Crippen LogP contribution in [0.15, 0.2) is 48.0 Å². The monoisotopic (exact) mass is 365 g/mol. The lowest BCUT2D eigenvalue weighted by Gasteiger charge is -2.36. The van der Waals surface area contributed by atoms with E-state index in [0.29, 0.717) is 0 Å². The molecule has 0 saturated carbocycles. The van der Waals surface area contributed by atoms with Gasteiger partial charge in [0.05, 0.1) is 18.0 Å². The minimum atomic E-state index is 0.920. The molecule has 1 N–H and O–H groups in total. The normalized spacial score (nSPS) is 17.5. The number of hydrogen-bond acceptors (Lipinski definition) is 6. The number of anilines is 3. The number of rotatable bonds is 4. The summed E-state index contributed by atoms with van der Waals surface area (Å²) < 4.78 is 1.33. The second-order valence-corrected chi connectivity index (χ2v) is 7.86. The molecule has 3 aromatic rings. The van der Waals surface area contributed by atoms with Crippen LogP contribution in [0.1, 0.15) is 0 Å². The second kappa shape index (κ2) is 6.78. The van der Waals surface area contributed by atoms with E-state index in [1.807, 2.05) is 6.20 Å². The number of nitrogens with one attached hydrogen (secondary N) is 1. The fraction of sp³-hybridized carbons (Fsp3) is 0.350. The van der Waals surface area contributed by atoms with Crippen LogP contribution in [0.25, 0.3) is 10.1 Å². The Morgan fingerprint density at radius 2 is 1.88 bits per heavy atom. The van der Waals surface area contributed by atoms with Gasteiger partial charge in [0.2, 0.25) is 0 Å². The summed E-state index contributed by atoms with van der Waals surface area (Å²) in [5.41, 5.74) is 2.59. The van der Waals surface area contributed by atoms with Gasteiger partial charge in [-0.3, -0.25) is 4.90 Å². The minimum Gasteiger partial charge on any atom is -0.366 e. The van der Waals surface area contributed by atoms with E-state index in [1.165, 1.54) is 21.5 Å². The van der Waals surface area contributed by atoms with Gasteiger partial charge in [0.25, 0.3) is 0 Å². The second-order valence-electron chi connectivity index (χ2n) is 6.91. The molecule has 0 unspecified atom stereocenters. The molecular weight excluding hydrogens is 342 g/mol. The van der Waals surface area contributed by atoms with Crippen molar-refractivity contribution in [2.24, 2.45) is 0 Å². The van der Waals surface area contributed by atoms with Crippen molar-refractivity contribution in [3.05, 3.63) is 48.0 Å². The average molecular weight is 366 g/mol. The standard InChI is InChI=1S/C20H23N5S/c1-2-4-18-17(3-1)22-15-25(18)13-10-23-8-11-24(12-9-23)20-16-6-14-26-19(16)5-7-21-20/h1-7,14,22H,8-13,15H2. The van der Waals surface area contributed by atoms with Crippen LogP contribution in [-0.4, -0.2) is 55.8 Å². The predicted molar refractivity (Wildman–Crippen MR) is 111 cm³/mol. The van der Waals surface area contributed by atoms with E-state index in [0.717, 1.165) is 51.8 Å². The maximum absolute atomic E-state index is 4.66. The molecule has 0 bridgehead atoms. The van der Waals surface area contributed by atoms with Gasteiger partial charge < -0.3 is 15.1 Å². The highest BCUT2D eigenvalue weighted by molar-refractivity contribution is 7.17. The van der Waals surface area contributed by atoms with Gasteiger partial charge in [0, 0.05) is 55.6 Å². The molecule has 2 aromatic heterocycles. The molecule has 5 nitrogen and oxygen atoms in total. The minimum absolute atomic E-state index is 0.920. The van der Waals surface area contributed by atoms with E-state index in [-0.39, 0.29) is 0 Å². The average Bonchev–Trinajstić information content (AvgIpc) is 3.33. The Morgan fingerprint density at radius 3 is 2.81 bits per heavy atom. The lowest BCUT2D eigenvalue weighted by atomic mass is 10.2. The molecule has 1 saturated heterocycles. The molecule has 134 valence electrons. The third kappa shape index (κ3) is 2.89. The SMILES string of the molecule is c1ccc2c(c1)NCN2CCN1CCN(c2nccc3sccc23)CC1. The first-order valence-corrected chi connectivity index (χ1v) is 10.1. The molecule has 1 fully saturated rings. The number of hydrogen-bond donors (Lipinski definition) is 1. The molecule has 5 rings (SSSR count). The van der Waals surface area contributed by atoms with E-state index < -0.39 is 0 Å². The van der Waals surface area contributed by atoms with Crippen molar-refractivity contribution in [1.82, 2.24) is 9.88 Å². The van der Waals surface area contributed by atoms with Gasteiger partial charge >= 0.3 is 0 Å². The summed E-state index contributed by atoms with van der Waals surface area (Å²) in [6, 6.07) is 12.9. The zero-order valence-corrected chi connectivity index (χ0v) is 15.6. The summed E-state index contributed by atoms with van der Waals surface area (Å²) in [4.78, 5) is 12.1. The van der Waals surface area contributed by atoms with Gasteiger partial charge in [-0.15, -0.1) is 11.3 Å². The van der Waals surface area contributed by atoms with Crippen LogP contribution < -0.4 is 15.1 Å². The van der Waals surface area contributed by atoms with Gasteiger partial charge in [-0.1, -0.05) is 12.1 Å². The molecule has 4 heterocycles. The van der Waals surface area contributed by atoms with Crippen molar-refractivity contribution in [3.63, 3.8) is 0 Å². The van der Waals surface area contributed by atoms with Crippen molar-refractivity contribution >= 4 is 38.6 Å². The fourth-order valence-electron chi connectivity index (χ4n) is 3.94. The van der Waals surface area contributed by atoms with Crippen LogP contribution in [-0.2, 0) is 0 Å². The van der Waals surface area contributed by atoms with E-state index in [2.05, 4.69) is 66.8 Å².